The van der Waals surface area contributed by atoms with Gasteiger partial charge in [0.1, 0.15) is 11.4 Å². The van der Waals surface area contributed by atoms with Gasteiger partial charge in [0.15, 0.2) is 22.2 Å². The minimum absolute atomic E-state index is 0.164. The maximum Gasteiger partial charge on any atom is 0.233 e. The third-order valence-electron chi connectivity index (χ3n) is 5.23. The molecule has 0 aliphatic rings. The van der Waals surface area contributed by atoms with Crippen molar-refractivity contribution in [3.63, 3.8) is 0 Å². The Bertz CT molecular complexity index is 1480. The summed E-state index contributed by atoms with van der Waals surface area (Å²) >= 11 is 7.48. The number of nitrogens with zero attached hydrogens (tertiary/aromatic N) is 5. The molecule has 0 N–H and O–H groups in total. The molecule has 11 heteroatoms. The molecule has 172 valence electrons. The molecule has 0 aliphatic heterocycles. The molecule has 0 atom stereocenters. The third-order valence-corrected chi connectivity index (χ3v) is 6.24. The Morgan fingerprint density at radius 3 is 2.38 bits per heavy atom. The van der Waals surface area contributed by atoms with Crippen molar-refractivity contribution < 1.29 is 19.0 Å². The predicted octanol–water partition coefficient (Wildman–Crippen LogP) is 4.55. The predicted molar refractivity (Wildman–Crippen MR) is 128 cm³/mol. The number of ether oxygens (including phenoxy) is 3. The average molecular weight is 496 g/mol. The highest BCUT2D eigenvalue weighted by Gasteiger charge is 2.25. The summed E-state index contributed by atoms with van der Waals surface area (Å²) in [7, 11) is 4.59. The van der Waals surface area contributed by atoms with E-state index < -0.39 is 0 Å². The van der Waals surface area contributed by atoms with E-state index in [-0.39, 0.29) is 11.5 Å². The van der Waals surface area contributed by atoms with E-state index in [1.54, 1.807) is 34.9 Å². The van der Waals surface area contributed by atoms with E-state index in [4.69, 9.17) is 25.8 Å². The molecular formula is C23H18ClN5O4S. The van der Waals surface area contributed by atoms with Crippen molar-refractivity contribution in [1.82, 2.24) is 24.4 Å². The Labute approximate surface area is 203 Å². The number of ketones is 1. The largest absolute Gasteiger partial charge is 0.493 e. The average Bonchev–Trinajstić information content (AvgIpc) is 3.59. The van der Waals surface area contributed by atoms with Crippen molar-refractivity contribution in [2.24, 2.45) is 0 Å². The van der Waals surface area contributed by atoms with E-state index in [0.717, 1.165) is 5.56 Å². The summed E-state index contributed by atoms with van der Waals surface area (Å²) in [6, 6.07) is 10.6. The molecule has 0 fully saturated rings. The molecule has 3 aromatic heterocycles. The Morgan fingerprint density at radius 1 is 1.03 bits per heavy atom. The molecule has 0 spiro atoms. The number of carbonyl (C=O) groups is 1. The van der Waals surface area contributed by atoms with E-state index in [0.29, 0.717) is 44.3 Å². The van der Waals surface area contributed by atoms with Gasteiger partial charge >= 0.3 is 0 Å². The number of aromatic nitrogens is 5. The minimum Gasteiger partial charge on any atom is -0.493 e. The van der Waals surface area contributed by atoms with E-state index in [1.807, 2.05) is 23.7 Å². The smallest absolute Gasteiger partial charge is 0.233 e. The van der Waals surface area contributed by atoms with Gasteiger partial charge in [0.05, 0.1) is 33.2 Å². The van der Waals surface area contributed by atoms with Crippen molar-refractivity contribution in [3.8, 4) is 34.2 Å². The van der Waals surface area contributed by atoms with Gasteiger partial charge in [0.25, 0.3) is 0 Å². The molecule has 3 heterocycles. The van der Waals surface area contributed by atoms with E-state index in [2.05, 4.69) is 15.3 Å². The highest BCUT2D eigenvalue weighted by Crippen LogP contribution is 2.39. The molecule has 0 saturated carbocycles. The molecule has 34 heavy (non-hydrogen) atoms. The fourth-order valence-electron chi connectivity index (χ4n) is 3.63. The van der Waals surface area contributed by atoms with E-state index in [9.17, 15) is 4.79 Å². The quantitative estimate of drug-likeness (QED) is 0.306. The first-order valence-electron chi connectivity index (χ1n) is 10.0. The van der Waals surface area contributed by atoms with Gasteiger partial charge in [-0.3, -0.25) is 9.20 Å². The number of hydrogen-bond donors (Lipinski definition) is 0. The molecule has 2 aromatic carbocycles. The summed E-state index contributed by atoms with van der Waals surface area (Å²) in [5, 5.41) is 10.8. The van der Waals surface area contributed by atoms with E-state index in [1.165, 1.54) is 37.3 Å². The number of fused-ring (bicyclic) bond motifs is 1. The van der Waals surface area contributed by atoms with Crippen LogP contribution in [0.2, 0.25) is 5.02 Å². The molecule has 0 amide bonds. The second kappa shape index (κ2) is 8.81. The van der Waals surface area contributed by atoms with Crippen LogP contribution in [-0.4, -0.2) is 51.5 Å². The number of thiazole rings is 1. The number of benzene rings is 2. The Morgan fingerprint density at radius 2 is 1.74 bits per heavy atom. The number of carbonyl (C=O) groups excluding carboxylic acids is 1. The van der Waals surface area contributed by atoms with Gasteiger partial charge in [-0.05, 0) is 12.1 Å². The maximum absolute atomic E-state index is 13.6. The molecule has 0 aliphatic carbocycles. The topological polar surface area (TPSA) is 92.8 Å². The van der Waals surface area contributed by atoms with Gasteiger partial charge in [-0.25, -0.2) is 9.67 Å². The van der Waals surface area contributed by atoms with Gasteiger partial charge in [0.2, 0.25) is 11.5 Å². The van der Waals surface area contributed by atoms with Gasteiger partial charge in [0, 0.05) is 34.3 Å². The van der Waals surface area contributed by atoms with Gasteiger partial charge in [-0.1, -0.05) is 28.9 Å². The zero-order chi connectivity index (χ0) is 23.8. The van der Waals surface area contributed by atoms with Crippen LogP contribution < -0.4 is 14.2 Å². The molecule has 0 unspecified atom stereocenters. The Hall–Kier alpha value is -3.89. The second-order valence-electron chi connectivity index (χ2n) is 7.13. The lowest BCUT2D eigenvalue weighted by Crippen LogP contribution is -2.07. The van der Waals surface area contributed by atoms with Crippen molar-refractivity contribution >= 4 is 33.7 Å². The van der Waals surface area contributed by atoms with Crippen LogP contribution in [0.5, 0.6) is 17.2 Å². The first kappa shape index (κ1) is 21.9. The zero-order valence-electron chi connectivity index (χ0n) is 18.4. The van der Waals surface area contributed by atoms with Crippen LogP contribution in [0.4, 0.5) is 0 Å². The standard InChI is InChI=1S/C23H18ClN5O4S/c1-31-17-10-15(11-18(32-2)22(17)33-3)29-12-16(26-27-29)21(30)20-19(13-4-6-14(24)7-5-13)25-23-28(20)8-9-34-23/h4-12H,1-3H3. The zero-order valence-corrected chi connectivity index (χ0v) is 19.9. The van der Waals surface area contributed by atoms with E-state index >= 15 is 0 Å². The summed E-state index contributed by atoms with van der Waals surface area (Å²) < 4.78 is 19.4. The molecule has 0 bridgehead atoms. The maximum atomic E-state index is 13.6. The second-order valence-corrected chi connectivity index (χ2v) is 8.44. The van der Waals surface area contributed by atoms with Crippen molar-refractivity contribution in [2.75, 3.05) is 21.3 Å². The molecule has 0 saturated heterocycles. The third kappa shape index (κ3) is 3.66. The van der Waals surface area contributed by atoms with Crippen molar-refractivity contribution in [2.45, 2.75) is 0 Å². The molecule has 5 rings (SSSR count). The van der Waals surface area contributed by atoms with Crippen LogP contribution in [0.3, 0.4) is 0 Å². The summed E-state index contributed by atoms with van der Waals surface area (Å²) in [5.74, 6) is 1.06. The van der Waals surface area contributed by atoms with Crippen LogP contribution in [0, 0.1) is 0 Å². The molecule has 5 aromatic rings. The van der Waals surface area contributed by atoms with Crippen LogP contribution in [0.25, 0.3) is 21.9 Å². The summed E-state index contributed by atoms with van der Waals surface area (Å²) in [5.41, 5.74) is 2.48. The van der Waals surface area contributed by atoms with Crippen molar-refractivity contribution in [1.29, 1.82) is 0 Å². The number of halogens is 1. The lowest BCUT2D eigenvalue weighted by Gasteiger charge is -2.13. The lowest BCUT2D eigenvalue weighted by atomic mass is 10.1. The highest BCUT2D eigenvalue weighted by molar-refractivity contribution is 7.15. The van der Waals surface area contributed by atoms with Gasteiger partial charge < -0.3 is 14.2 Å². The number of methoxy groups -OCH3 is 3. The SMILES string of the molecule is COc1cc(-n2cc(C(=O)c3c(-c4ccc(Cl)cc4)nc4sccn34)nn2)cc(OC)c1OC. The van der Waals surface area contributed by atoms with Gasteiger partial charge in [-0.2, -0.15) is 0 Å². The van der Waals surface area contributed by atoms with Crippen LogP contribution in [0.15, 0.2) is 54.2 Å². The Kier molecular flexibility index (Phi) is 5.68. The highest BCUT2D eigenvalue weighted by atomic mass is 35.5. The van der Waals surface area contributed by atoms with Crippen molar-refractivity contribution in [3.05, 3.63) is 70.6 Å². The molecular weight excluding hydrogens is 478 g/mol. The molecule has 0 radical (unpaired) electrons. The monoisotopic (exact) mass is 495 g/mol. The number of hydrogen-bond acceptors (Lipinski definition) is 8. The summed E-state index contributed by atoms with van der Waals surface area (Å²) in [6.45, 7) is 0. The van der Waals surface area contributed by atoms with Gasteiger partial charge in [-0.15, -0.1) is 16.4 Å². The fraction of sp³-hybridized carbons (Fsp3) is 0.130. The normalized spacial score (nSPS) is 11.1. The first-order chi connectivity index (χ1) is 16.5. The van der Waals surface area contributed by atoms with Crippen LogP contribution in [0.1, 0.15) is 16.2 Å². The summed E-state index contributed by atoms with van der Waals surface area (Å²) in [6.07, 6.45) is 3.36. The lowest BCUT2D eigenvalue weighted by molar-refractivity contribution is 0.102. The number of rotatable bonds is 7. The van der Waals surface area contributed by atoms with Crippen LogP contribution in [-0.2, 0) is 0 Å². The Balaban J connectivity index is 1.58. The minimum atomic E-state index is -0.311. The number of imidazole rings is 1. The summed E-state index contributed by atoms with van der Waals surface area (Å²) in [4.78, 5) is 19.0. The van der Waals surface area contributed by atoms with Crippen LogP contribution >= 0.6 is 22.9 Å². The molecule has 9 nitrogen and oxygen atoms in total. The fourth-order valence-corrected chi connectivity index (χ4v) is 4.47. The first-order valence-corrected chi connectivity index (χ1v) is 11.3.